The molecular weight excluding hydrogens is 410 g/mol. The number of fused-ring (bicyclic) bond motifs is 1. The van der Waals surface area contributed by atoms with Crippen molar-refractivity contribution in [1.82, 2.24) is 14.8 Å². The van der Waals surface area contributed by atoms with Crippen molar-refractivity contribution in [3.05, 3.63) is 84.1 Å². The van der Waals surface area contributed by atoms with Crippen LogP contribution in [-0.4, -0.2) is 46.2 Å². The van der Waals surface area contributed by atoms with Gasteiger partial charge >= 0.3 is 0 Å². The van der Waals surface area contributed by atoms with E-state index in [0.29, 0.717) is 25.4 Å². The molecule has 0 aliphatic carbocycles. The number of piperidine rings is 1. The van der Waals surface area contributed by atoms with Crippen LogP contribution in [0.4, 0.5) is 0 Å². The number of benzene rings is 2. The summed E-state index contributed by atoms with van der Waals surface area (Å²) in [6.07, 6.45) is 9.25. The third kappa shape index (κ3) is 4.72. The van der Waals surface area contributed by atoms with Gasteiger partial charge in [0.25, 0.3) is 0 Å². The lowest BCUT2D eigenvalue weighted by Crippen LogP contribution is -2.44. The maximum Gasteiger partial charge on any atom is 0.227 e. The van der Waals surface area contributed by atoms with Gasteiger partial charge in [0.05, 0.1) is 6.42 Å². The van der Waals surface area contributed by atoms with Crippen LogP contribution < -0.4 is 0 Å². The normalized spacial score (nSPS) is 19.8. The summed E-state index contributed by atoms with van der Waals surface area (Å²) in [4.78, 5) is 33.6. The second-order valence-electron chi connectivity index (χ2n) is 9.27. The number of carbonyl (C=O) groups is 2. The number of H-pyrrole nitrogens is 1. The third-order valence-corrected chi connectivity index (χ3v) is 7.21. The lowest BCUT2D eigenvalue weighted by Gasteiger charge is -2.36. The molecule has 1 atom stereocenters. The molecular formula is C28H31N3O2. The second kappa shape index (κ2) is 9.65. The molecule has 5 nitrogen and oxygen atoms in total. The number of hydrogen-bond acceptors (Lipinski definition) is 2. The van der Waals surface area contributed by atoms with Crippen LogP contribution in [0.5, 0.6) is 0 Å². The van der Waals surface area contributed by atoms with Crippen LogP contribution in [0.1, 0.15) is 30.4 Å². The lowest BCUT2D eigenvalue weighted by atomic mass is 9.81. The minimum atomic E-state index is 0.0123. The number of likely N-dealkylation sites (tertiary alicyclic amines) is 1. The van der Waals surface area contributed by atoms with Gasteiger partial charge in [-0.25, -0.2) is 0 Å². The van der Waals surface area contributed by atoms with Crippen molar-refractivity contribution in [1.29, 1.82) is 0 Å². The molecule has 33 heavy (non-hydrogen) atoms. The number of aromatic amines is 1. The first-order valence-electron chi connectivity index (χ1n) is 12.0. The molecule has 0 saturated carbocycles. The van der Waals surface area contributed by atoms with Crippen LogP contribution in [0.15, 0.2) is 72.9 Å². The van der Waals surface area contributed by atoms with Crippen molar-refractivity contribution in [2.75, 3.05) is 19.6 Å². The van der Waals surface area contributed by atoms with E-state index in [1.165, 1.54) is 0 Å². The minimum Gasteiger partial charge on any atom is -0.361 e. The van der Waals surface area contributed by atoms with Gasteiger partial charge in [0, 0.05) is 49.2 Å². The zero-order chi connectivity index (χ0) is 22.6. The number of nitrogens with one attached hydrogen (secondary N) is 1. The molecule has 1 aromatic heterocycles. The molecule has 1 fully saturated rings. The Kier molecular flexibility index (Phi) is 6.29. The third-order valence-electron chi connectivity index (χ3n) is 7.21. The fourth-order valence-corrected chi connectivity index (χ4v) is 5.31. The Hall–Kier alpha value is -3.34. The van der Waals surface area contributed by atoms with Gasteiger partial charge < -0.3 is 14.8 Å². The summed E-state index contributed by atoms with van der Waals surface area (Å²) >= 11 is 0. The maximum absolute atomic E-state index is 13.4. The van der Waals surface area contributed by atoms with Gasteiger partial charge in [-0.15, -0.1) is 0 Å². The monoisotopic (exact) mass is 441 g/mol. The highest BCUT2D eigenvalue weighted by molar-refractivity contribution is 5.89. The molecule has 0 spiro atoms. The Balaban J connectivity index is 1.19. The smallest absolute Gasteiger partial charge is 0.227 e. The first kappa shape index (κ1) is 21.5. The van der Waals surface area contributed by atoms with E-state index >= 15 is 0 Å². The molecule has 3 aromatic rings. The van der Waals surface area contributed by atoms with Crippen LogP contribution in [-0.2, 0) is 22.6 Å². The predicted octanol–water partition coefficient (Wildman–Crippen LogP) is 4.55. The highest BCUT2D eigenvalue weighted by Gasteiger charge is 2.35. The summed E-state index contributed by atoms with van der Waals surface area (Å²) in [5.74, 6) is 0.775. The summed E-state index contributed by atoms with van der Waals surface area (Å²) in [5, 5.41) is 1.12. The van der Waals surface area contributed by atoms with E-state index in [1.54, 1.807) is 0 Å². The zero-order valence-electron chi connectivity index (χ0n) is 19.0. The van der Waals surface area contributed by atoms with Crippen molar-refractivity contribution in [2.45, 2.75) is 32.2 Å². The minimum absolute atomic E-state index is 0.0123. The van der Waals surface area contributed by atoms with Crippen LogP contribution in [0.25, 0.3) is 10.9 Å². The molecule has 1 unspecified atom stereocenters. The maximum atomic E-state index is 13.4. The predicted molar refractivity (Wildman–Crippen MR) is 130 cm³/mol. The quantitative estimate of drug-likeness (QED) is 0.591. The summed E-state index contributed by atoms with van der Waals surface area (Å²) in [7, 11) is 0. The molecule has 2 amide bonds. The van der Waals surface area contributed by atoms with Crippen LogP contribution in [0.3, 0.4) is 0 Å². The highest BCUT2D eigenvalue weighted by atomic mass is 16.2. The number of rotatable bonds is 5. The van der Waals surface area contributed by atoms with Crippen molar-refractivity contribution >= 4 is 22.7 Å². The second-order valence-corrected chi connectivity index (χ2v) is 9.27. The van der Waals surface area contributed by atoms with Gasteiger partial charge in [-0.3, -0.25) is 9.59 Å². The first-order chi connectivity index (χ1) is 16.2. The SMILES string of the molecule is O=C(Cc1c[nH]c2ccccc12)N1CCC(C2CC=CCN(Cc3ccccc3)C2=O)CC1. The van der Waals surface area contributed by atoms with E-state index in [-0.39, 0.29) is 17.7 Å². The van der Waals surface area contributed by atoms with Gasteiger partial charge in [0.1, 0.15) is 0 Å². The first-order valence-corrected chi connectivity index (χ1v) is 12.0. The Morgan fingerprint density at radius 3 is 2.55 bits per heavy atom. The largest absolute Gasteiger partial charge is 0.361 e. The van der Waals surface area contributed by atoms with Crippen molar-refractivity contribution in [3.63, 3.8) is 0 Å². The molecule has 5 rings (SSSR count). The average Bonchev–Trinajstić information content (AvgIpc) is 3.17. The molecule has 1 saturated heterocycles. The van der Waals surface area contributed by atoms with Crippen molar-refractivity contribution in [3.8, 4) is 0 Å². The molecule has 5 heteroatoms. The summed E-state index contributed by atoms with van der Waals surface area (Å²) in [6.45, 7) is 2.80. The fourth-order valence-electron chi connectivity index (χ4n) is 5.31. The molecule has 0 radical (unpaired) electrons. The van der Waals surface area contributed by atoms with E-state index < -0.39 is 0 Å². The molecule has 2 aliphatic rings. The number of amides is 2. The van der Waals surface area contributed by atoms with Crippen LogP contribution in [0, 0.1) is 11.8 Å². The highest BCUT2D eigenvalue weighted by Crippen LogP contribution is 2.31. The molecule has 1 N–H and O–H groups in total. The Morgan fingerprint density at radius 2 is 1.73 bits per heavy atom. The standard InChI is InChI=1S/C28H31N3O2/c32-27(18-23-19-29-26-12-5-4-10-24(23)26)30-16-13-22(14-17-30)25-11-6-7-15-31(28(25)33)20-21-8-2-1-3-9-21/h1-10,12,19,22,25,29H,11,13-18,20H2. The van der Waals surface area contributed by atoms with E-state index in [9.17, 15) is 9.59 Å². The van der Waals surface area contributed by atoms with E-state index in [2.05, 4.69) is 35.3 Å². The van der Waals surface area contributed by atoms with Gasteiger partial charge in [0.2, 0.25) is 11.8 Å². The van der Waals surface area contributed by atoms with Crippen LogP contribution >= 0.6 is 0 Å². The fraction of sp³-hybridized carbons (Fsp3) is 0.357. The summed E-state index contributed by atoms with van der Waals surface area (Å²) in [5.41, 5.74) is 3.29. The number of nitrogens with zero attached hydrogens (tertiary/aromatic N) is 2. The molecule has 170 valence electrons. The molecule has 3 heterocycles. The van der Waals surface area contributed by atoms with Gasteiger partial charge in [-0.05, 0) is 42.4 Å². The molecule has 0 bridgehead atoms. The summed E-state index contributed by atoms with van der Waals surface area (Å²) < 4.78 is 0. The topological polar surface area (TPSA) is 56.4 Å². The number of carbonyl (C=O) groups excluding carboxylic acids is 2. The van der Waals surface area contributed by atoms with Gasteiger partial charge in [0.15, 0.2) is 0 Å². The van der Waals surface area contributed by atoms with Crippen molar-refractivity contribution in [2.24, 2.45) is 11.8 Å². The summed E-state index contributed by atoms with van der Waals surface area (Å²) in [6, 6.07) is 18.3. The van der Waals surface area contributed by atoms with Crippen LogP contribution in [0.2, 0.25) is 0 Å². The molecule has 2 aromatic carbocycles. The van der Waals surface area contributed by atoms with E-state index in [1.807, 2.05) is 52.4 Å². The number of para-hydroxylation sites is 1. The molecule has 2 aliphatic heterocycles. The Morgan fingerprint density at radius 1 is 0.970 bits per heavy atom. The Labute approximate surface area is 195 Å². The van der Waals surface area contributed by atoms with Crippen molar-refractivity contribution < 1.29 is 9.59 Å². The number of aromatic nitrogens is 1. The Bertz CT molecular complexity index is 1140. The number of hydrogen-bond donors (Lipinski definition) is 1. The zero-order valence-corrected chi connectivity index (χ0v) is 19.0. The van der Waals surface area contributed by atoms with E-state index in [0.717, 1.165) is 54.4 Å². The lowest BCUT2D eigenvalue weighted by molar-refractivity contribution is -0.138. The van der Waals surface area contributed by atoms with E-state index in [4.69, 9.17) is 0 Å². The van der Waals surface area contributed by atoms with Gasteiger partial charge in [-0.2, -0.15) is 0 Å². The van der Waals surface area contributed by atoms with Gasteiger partial charge in [-0.1, -0.05) is 60.7 Å². The average molecular weight is 442 g/mol. The number of allylic oxidation sites excluding steroid dienone is 1.